The van der Waals surface area contributed by atoms with Crippen molar-refractivity contribution in [3.63, 3.8) is 0 Å². The standard InChI is InChI=1S/C15H18FNO3/c16-14-5-1-2-6-15(14)20-11-12(18)10-17-8-7-13-4-3-9-19-13/h1-6,9,12,17-18H,7-8,10-11H2. The van der Waals surface area contributed by atoms with Crippen LogP contribution in [0.3, 0.4) is 0 Å². The summed E-state index contributed by atoms with van der Waals surface area (Å²) in [6.07, 6.45) is 1.70. The Kier molecular flexibility index (Phi) is 5.58. The highest BCUT2D eigenvalue weighted by molar-refractivity contribution is 5.23. The van der Waals surface area contributed by atoms with E-state index in [2.05, 4.69) is 5.32 Å². The van der Waals surface area contributed by atoms with Gasteiger partial charge in [0.15, 0.2) is 11.6 Å². The average Bonchev–Trinajstić information content (AvgIpc) is 2.96. The first kappa shape index (κ1) is 14.6. The van der Waals surface area contributed by atoms with Gasteiger partial charge < -0.3 is 19.6 Å². The van der Waals surface area contributed by atoms with Gasteiger partial charge in [-0.2, -0.15) is 0 Å². The summed E-state index contributed by atoms with van der Waals surface area (Å²) in [4.78, 5) is 0. The highest BCUT2D eigenvalue weighted by atomic mass is 19.1. The number of ether oxygens (including phenoxy) is 1. The molecule has 2 N–H and O–H groups in total. The predicted octanol–water partition coefficient (Wildman–Crippen LogP) is 1.99. The number of nitrogens with one attached hydrogen (secondary N) is 1. The minimum Gasteiger partial charge on any atom is -0.488 e. The second kappa shape index (κ2) is 7.67. The van der Waals surface area contributed by atoms with Gasteiger partial charge in [0.1, 0.15) is 18.5 Å². The molecule has 1 aromatic heterocycles. The van der Waals surface area contributed by atoms with Crippen molar-refractivity contribution in [2.75, 3.05) is 19.7 Å². The van der Waals surface area contributed by atoms with Gasteiger partial charge in [-0.15, -0.1) is 0 Å². The van der Waals surface area contributed by atoms with Crippen molar-refractivity contribution < 1.29 is 18.7 Å². The number of hydrogen-bond acceptors (Lipinski definition) is 4. The van der Waals surface area contributed by atoms with E-state index >= 15 is 0 Å². The maximum absolute atomic E-state index is 13.3. The minimum atomic E-state index is -0.689. The van der Waals surface area contributed by atoms with Crippen LogP contribution in [0, 0.1) is 5.82 Å². The normalized spacial score (nSPS) is 12.3. The highest BCUT2D eigenvalue weighted by Crippen LogP contribution is 2.15. The van der Waals surface area contributed by atoms with Gasteiger partial charge in [-0.1, -0.05) is 12.1 Å². The van der Waals surface area contributed by atoms with Gasteiger partial charge in [-0.05, 0) is 24.3 Å². The molecule has 0 radical (unpaired) electrons. The molecule has 0 spiro atoms. The first-order valence-corrected chi connectivity index (χ1v) is 6.54. The van der Waals surface area contributed by atoms with Crippen LogP contribution in [0.15, 0.2) is 47.1 Å². The Morgan fingerprint density at radius 3 is 2.85 bits per heavy atom. The third-order valence-electron chi connectivity index (χ3n) is 2.78. The monoisotopic (exact) mass is 279 g/mol. The van der Waals surface area contributed by atoms with Gasteiger partial charge in [0.05, 0.1) is 6.26 Å². The van der Waals surface area contributed by atoms with Crippen molar-refractivity contribution in [3.8, 4) is 5.75 Å². The predicted molar refractivity (Wildman–Crippen MR) is 73.2 cm³/mol. The molecule has 108 valence electrons. The Labute approximate surface area is 117 Å². The molecular formula is C15H18FNO3. The zero-order valence-electron chi connectivity index (χ0n) is 11.1. The molecule has 0 bridgehead atoms. The fourth-order valence-electron chi connectivity index (χ4n) is 1.74. The summed E-state index contributed by atoms with van der Waals surface area (Å²) < 4.78 is 23.7. The lowest BCUT2D eigenvalue weighted by atomic mass is 10.3. The summed E-state index contributed by atoms with van der Waals surface area (Å²) in [7, 11) is 0. The van der Waals surface area contributed by atoms with Crippen molar-refractivity contribution in [1.82, 2.24) is 5.32 Å². The zero-order valence-corrected chi connectivity index (χ0v) is 11.1. The van der Waals surface area contributed by atoms with Crippen LogP contribution in [0.4, 0.5) is 4.39 Å². The minimum absolute atomic E-state index is 0.0503. The molecule has 0 aliphatic heterocycles. The van der Waals surface area contributed by atoms with E-state index in [-0.39, 0.29) is 12.4 Å². The Morgan fingerprint density at radius 1 is 1.25 bits per heavy atom. The lowest BCUT2D eigenvalue weighted by Crippen LogP contribution is -2.32. The number of halogens is 1. The SMILES string of the molecule is OC(CNCCc1ccco1)COc1ccccc1F. The van der Waals surface area contributed by atoms with E-state index in [1.54, 1.807) is 18.4 Å². The van der Waals surface area contributed by atoms with Gasteiger partial charge in [0.2, 0.25) is 0 Å². The molecular weight excluding hydrogens is 261 g/mol. The van der Waals surface area contributed by atoms with Crippen LogP contribution < -0.4 is 10.1 Å². The largest absolute Gasteiger partial charge is 0.488 e. The lowest BCUT2D eigenvalue weighted by Gasteiger charge is -2.13. The fraction of sp³-hybridized carbons (Fsp3) is 0.333. The van der Waals surface area contributed by atoms with Gasteiger partial charge in [-0.3, -0.25) is 0 Å². The lowest BCUT2D eigenvalue weighted by molar-refractivity contribution is 0.104. The van der Waals surface area contributed by atoms with Crippen LogP contribution in [0.2, 0.25) is 0 Å². The summed E-state index contributed by atoms with van der Waals surface area (Å²) >= 11 is 0. The molecule has 0 saturated carbocycles. The summed E-state index contributed by atoms with van der Waals surface area (Å²) in [6, 6.07) is 9.88. The molecule has 1 aromatic carbocycles. The van der Waals surface area contributed by atoms with E-state index in [1.807, 2.05) is 12.1 Å². The number of rotatable bonds is 8. The zero-order chi connectivity index (χ0) is 14.2. The van der Waals surface area contributed by atoms with Crippen LogP contribution in [-0.2, 0) is 6.42 Å². The van der Waals surface area contributed by atoms with Crippen molar-refractivity contribution in [3.05, 3.63) is 54.2 Å². The fourth-order valence-corrected chi connectivity index (χ4v) is 1.74. The number of aliphatic hydroxyl groups excluding tert-OH is 1. The first-order valence-electron chi connectivity index (χ1n) is 6.54. The smallest absolute Gasteiger partial charge is 0.165 e. The first-order chi connectivity index (χ1) is 9.75. The molecule has 4 nitrogen and oxygen atoms in total. The molecule has 0 aliphatic carbocycles. The Bertz CT molecular complexity index is 502. The Balaban J connectivity index is 1.61. The van der Waals surface area contributed by atoms with Crippen molar-refractivity contribution in [2.45, 2.75) is 12.5 Å². The van der Waals surface area contributed by atoms with Crippen LogP contribution in [-0.4, -0.2) is 30.9 Å². The van der Waals surface area contributed by atoms with E-state index in [0.29, 0.717) is 13.1 Å². The van der Waals surface area contributed by atoms with Gasteiger partial charge in [0, 0.05) is 19.5 Å². The van der Waals surface area contributed by atoms with Gasteiger partial charge in [0.25, 0.3) is 0 Å². The number of furan rings is 1. The molecule has 5 heteroatoms. The van der Waals surface area contributed by atoms with Crippen molar-refractivity contribution in [1.29, 1.82) is 0 Å². The molecule has 0 fully saturated rings. The maximum Gasteiger partial charge on any atom is 0.165 e. The Hall–Kier alpha value is -1.85. The number of para-hydroxylation sites is 1. The van der Waals surface area contributed by atoms with Gasteiger partial charge >= 0.3 is 0 Å². The van der Waals surface area contributed by atoms with Crippen LogP contribution in [0.25, 0.3) is 0 Å². The van der Waals surface area contributed by atoms with Crippen molar-refractivity contribution >= 4 is 0 Å². The van der Waals surface area contributed by atoms with Gasteiger partial charge in [-0.25, -0.2) is 4.39 Å². The summed E-state index contributed by atoms with van der Waals surface area (Å²) in [5.41, 5.74) is 0. The summed E-state index contributed by atoms with van der Waals surface area (Å²) in [5.74, 6) is 0.627. The van der Waals surface area contributed by atoms with E-state index in [0.717, 1.165) is 12.2 Å². The molecule has 0 saturated heterocycles. The van der Waals surface area contributed by atoms with Crippen LogP contribution in [0.5, 0.6) is 5.75 Å². The quantitative estimate of drug-likeness (QED) is 0.726. The second-order valence-electron chi connectivity index (χ2n) is 4.43. The molecule has 2 rings (SSSR count). The molecule has 0 aliphatic rings. The number of hydrogen-bond donors (Lipinski definition) is 2. The van der Waals surface area contributed by atoms with E-state index in [1.165, 1.54) is 12.1 Å². The third kappa shape index (κ3) is 4.68. The molecule has 0 amide bonds. The summed E-state index contributed by atoms with van der Waals surface area (Å²) in [6.45, 7) is 1.13. The second-order valence-corrected chi connectivity index (χ2v) is 4.43. The van der Waals surface area contributed by atoms with Crippen LogP contribution in [0.1, 0.15) is 5.76 Å². The van der Waals surface area contributed by atoms with E-state index < -0.39 is 11.9 Å². The number of benzene rings is 1. The Morgan fingerprint density at radius 2 is 2.10 bits per heavy atom. The topological polar surface area (TPSA) is 54.6 Å². The van der Waals surface area contributed by atoms with Crippen molar-refractivity contribution in [2.24, 2.45) is 0 Å². The van der Waals surface area contributed by atoms with E-state index in [9.17, 15) is 9.50 Å². The summed E-state index contributed by atoms with van der Waals surface area (Å²) in [5, 5.41) is 12.8. The van der Waals surface area contributed by atoms with Crippen LogP contribution >= 0.6 is 0 Å². The molecule has 1 heterocycles. The molecule has 1 atom stereocenters. The molecule has 2 aromatic rings. The highest BCUT2D eigenvalue weighted by Gasteiger charge is 2.07. The maximum atomic E-state index is 13.3. The average molecular weight is 279 g/mol. The van der Waals surface area contributed by atoms with E-state index in [4.69, 9.17) is 9.15 Å². The third-order valence-corrected chi connectivity index (χ3v) is 2.78. The number of aliphatic hydroxyl groups is 1. The molecule has 1 unspecified atom stereocenters. The molecule has 20 heavy (non-hydrogen) atoms.